The maximum Gasteiger partial charge on any atom is 0.180 e. The molecular weight excluding hydrogens is 358 g/mol. The quantitative estimate of drug-likeness (QED) is 0.589. The highest BCUT2D eigenvalue weighted by Gasteiger charge is 2.23. The number of hydrogen-bond donors (Lipinski definition) is 1. The Labute approximate surface area is 170 Å². The first-order chi connectivity index (χ1) is 14.4. The molecule has 0 radical (unpaired) electrons. The third-order valence-electron chi connectivity index (χ3n) is 5.54. The largest absolute Gasteiger partial charge is 0.345 e. The molecule has 1 N–H and O–H groups in total. The molecule has 2 aromatic heterocycles. The highest BCUT2D eigenvalue weighted by molar-refractivity contribution is 5.90. The van der Waals surface area contributed by atoms with Crippen LogP contribution in [0.1, 0.15) is 5.56 Å². The molecule has 5 nitrogen and oxygen atoms in total. The number of rotatable bonds is 4. The van der Waals surface area contributed by atoms with Gasteiger partial charge in [-0.2, -0.15) is 0 Å². The molecule has 0 bridgehead atoms. The van der Waals surface area contributed by atoms with Gasteiger partial charge in [-0.15, -0.1) is 0 Å². The van der Waals surface area contributed by atoms with Crippen molar-refractivity contribution in [3.05, 3.63) is 84.6 Å². The smallest absolute Gasteiger partial charge is 0.180 e. The number of pyridine rings is 1. The number of benzene rings is 2. The predicted octanol–water partition coefficient (Wildman–Crippen LogP) is 2.60. The fraction of sp³-hybridized carbons (Fsp3) is 0.208. The summed E-state index contributed by atoms with van der Waals surface area (Å²) in [6, 6.07) is 24.9. The predicted molar refractivity (Wildman–Crippen MR) is 116 cm³/mol. The molecule has 0 atom stereocenters. The zero-order chi connectivity index (χ0) is 19.5. The Hall–Kier alpha value is -3.31. The van der Waals surface area contributed by atoms with Gasteiger partial charge in [-0.25, -0.2) is 9.97 Å². The van der Waals surface area contributed by atoms with Crippen LogP contribution in [0.5, 0.6) is 0 Å². The minimum atomic E-state index is 0.693. The molecule has 0 spiro atoms. The third kappa shape index (κ3) is 3.82. The minimum absolute atomic E-state index is 0.693. The lowest BCUT2D eigenvalue weighted by Gasteiger charge is -2.33. The number of hydrogen-bond acceptors (Lipinski definition) is 4. The van der Waals surface area contributed by atoms with Gasteiger partial charge in [0, 0.05) is 17.1 Å². The number of aromatic nitrogens is 3. The Kier molecular flexibility index (Phi) is 4.88. The number of anilines is 1. The number of para-hydroxylation sites is 1. The fourth-order valence-corrected chi connectivity index (χ4v) is 4.01. The molecule has 5 rings (SSSR count). The summed E-state index contributed by atoms with van der Waals surface area (Å²) in [6.07, 6.45) is 1.79. The molecule has 1 fully saturated rings. The second kappa shape index (κ2) is 7.97. The van der Waals surface area contributed by atoms with Crippen LogP contribution in [0, 0.1) is 0 Å². The van der Waals surface area contributed by atoms with Gasteiger partial charge in [0.2, 0.25) is 0 Å². The summed E-state index contributed by atoms with van der Waals surface area (Å²) in [5.41, 5.74) is 3.19. The second-order valence-corrected chi connectivity index (χ2v) is 7.50. The lowest BCUT2D eigenvalue weighted by Crippen LogP contribution is -3.13. The molecule has 29 heavy (non-hydrogen) atoms. The summed E-state index contributed by atoms with van der Waals surface area (Å²) < 4.78 is 0. The Balaban J connectivity index is 1.41. The maximum absolute atomic E-state index is 4.95. The average Bonchev–Trinajstić information content (AvgIpc) is 2.80. The molecule has 1 aliphatic rings. The Morgan fingerprint density at radius 3 is 2.34 bits per heavy atom. The normalized spacial score (nSPS) is 15.0. The minimum Gasteiger partial charge on any atom is -0.345 e. The van der Waals surface area contributed by atoms with Gasteiger partial charge in [0.15, 0.2) is 5.82 Å². The highest BCUT2D eigenvalue weighted by atomic mass is 15.3. The van der Waals surface area contributed by atoms with Crippen LogP contribution in [0.4, 0.5) is 5.82 Å². The molecule has 0 aliphatic carbocycles. The Morgan fingerprint density at radius 1 is 0.793 bits per heavy atom. The van der Waals surface area contributed by atoms with Gasteiger partial charge in [-0.1, -0.05) is 48.5 Å². The molecular formula is C24H24N5+. The summed E-state index contributed by atoms with van der Waals surface area (Å²) in [4.78, 5) is 18.2. The van der Waals surface area contributed by atoms with E-state index in [0.717, 1.165) is 55.1 Å². The van der Waals surface area contributed by atoms with Crippen LogP contribution in [0.25, 0.3) is 22.4 Å². The van der Waals surface area contributed by atoms with Crippen LogP contribution in [-0.2, 0) is 6.54 Å². The van der Waals surface area contributed by atoms with E-state index in [1.54, 1.807) is 11.1 Å². The number of fused-ring (bicyclic) bond motifs is 1. The van der Waals surface area contributed by atoms with E-state index >= 15 is 0 Å². The average molecular weight is 382 g/mol. The standard InChI is InChI=1S/C24H23N5/c1-2-8-19(9-3-1)18-28-14-16-29(17-15-28)24-20-10-4-5-11-21(20)26-23(27-24)22-12-6-7-13-25-22/h1-13H,14-18H2/p+1. The van der Waals surface area contributed by atoms with Gasteiger partial charge in [-0.3, -0.25) is 4.98 Å². The van der Waals surface area contributed by atoms with Gasteiger partial charge in [0.1, 0.15) is 18.1 Å². The van der Waals surface area contributed by atoms with E-state index in [9.17, 15) is 0 Å². The summed E-state index contributed by atoms with van der Waals surface area (Å²) in [7, 11) is 0. The zero-order valence-corrected chi connectivity index (χ0v) is 16.3. The molecule has 0 amide bonds. The van der Waals surface area contributed by atoms with Gasteiger partial charge < -0.3 is 9.80 Å². The molecule has 0 saturated carbocycles. The molecule has 1 saturated heterocycles. The van der Waals surface area contributed by atoms with Crippen LogP contribution >= 0.6 is 0 Å². The number of quaternary nitrogens is 1. The first kappa shape index (κ1) is 17.8. The van der Waals surface area contributed by atoms with E-state index in [1.807, 2.05) is 24.3 Å². The second-order valence-electron chi connectivity index (χ2n) is 7.50. The lowest BCUT2D eigenvalue weighted by molar-refractivity contribution is -0.914. The summed E-state index contributed by atoms with van der Waals surface area (Å²) >= 11 is 0. The zero-order valence-electron chi connectivity index (χ0n) is 16.3. The molecule has 0 unspecified atom stereocenters. The fourth-order valence-electron chi connectivity index (χ4n) is 4.01. The van der Waals surface area contributed by atoms with Crippen LogP contribution < -0.4 is 9.80 Å². The molecule has 5 heteroatoms. The van der Waals surface area contributed by atoms with Crippen molar-refractivity contribution in [2.45, 2.75) is 6.54 Å². The number of nitrogens with one attached hydrogen (secondary N) is 1. The first-order valence-electron chi connectivity index (χ1n) is 10.2. The van der Waals surface area contributed by atoms with Crippen molar-refractivity contribution >= 4 is 16.7 Å². The molecule has 1 aliphatic heterocycles. The monoisotopic (exact) mass is 382 g/mol. The van der Waals surface area contributed by atoms with Gasteiger partial charge in [-0.05, 0) is 24.3 Å². The van der Waals surface area contributed by atoms with Crippen molar-refractivity contribution in [3.63, 3.8) is 0 Å². The van der Waals surface area contributed by atoms with Crippen molar-refractivity contribution in [2.75, 3.05) is 31.1 Å². The lowest BCUT2D eigenvalue weighted by atomic mass is 10.1. The van der Waals surface area contributed by atoms with Crippen molar-refractivity contribution in [3.8, 4) is 11.5 Å². The van der Waals surface area contributed by atoms with Gasteiger partial charge in [0.05, 0.1) is 31.7 Å². The van der Waals surface area contributed by atoms with Gasteiger partial charge >= 0.3 is 0 Å². The highest BCUT2D eigenvalue weighted by Crippen LogP contribution is 2.26. The topological polar surface area (TPSA) is 46.4 Å². The molecule has 4 aromatic rings. The first-order valence-corrected chi connectivity index (χ1v) is 10.2. The Morgan fingerprint density at radius 2 is 1.55 bits per heavy atom. The van der Waals surface area contributed by atoms with E-state index < -0.39 is 0 Å². The number of piperazine rings is 1. The van der Waals surface area contributed by atoms with Crippen molar-refractivity contribution in [2.24, 2.45) is 0 Å². The van der Waals surface area contributed by atoms with Crippen LogP contribution in [0.3, 0.4) is 0 Å². The Bertz CT molecular complexity index is 1090. The van der Waals surface area contributed by atoms with Crippen molar-refractivity contribution in [1.82, 2.24) is 15.0 Å². The van der Waals surface area contributed by atoms with E-state index in [0.29, 0.717) is 5.82 Å². The van der Waals surface area contributed by atoms with Crippen LogP contribution in [0.15, 0.2) is 79.0 Å². The third-order valence-corrected chi connectivity index (χ3v) is 5.54. The van der Waals surface area contributed by atoms with Crippen molar-refractivity contribution in [1.29, 1.82) is 0 Å². The maximum atomic E-state index is 4.95. The van der Waals surface area contributed by atoms with E-state index in [-0.39, 0.29) is 0 Å². The molecule has 2 aromatic carbocycles. The molecule has 3 heterocycles. The van der Waals surface area contributed by atoms with Crippen molar-refractivity contribution < 1.29 is 4.90 Å². The SMILES string of the molecule is c1ccc(C[NH+]2CCN(c3nc(-c4ccccn4)nc4ccccc34)CC2)cc1. The molecule has 144 valence electrons. The van der Waals surface area contributed by atoms with Crippen LogP contribution in [0.2, 0.25) is 0 Å². The summed E-state index contributed by atoms with van der Waals surface area (Å²) in [5, 5.41) is 1.11. The summed E-state index contributed by atoms with van der Waals surface area (Å²) in [6.45, 7) is 5.27. The van der Waals surface area contributed by atoms with Gasteiger partial charge in [0.25, 0.3) is 0 Å². The van der Waals surface area contributed by atoms with E-state index in [4.69, 9.17) is 9.97 Å². The number of nitrogens with zero attached hydrogens (tertiary/aromatic N) is 4. The van der Waals surface area contributed by atoms with Crippen LogP contribution in [-0.4, -0.2) is 41.1 Å². The van der Waals surface area contributed by atoms with E-state index in [1.165, 1.54) is 5.56 Å². The summed E-state index contributed by atoms with van der Waals surface area (Å²) in [5.74, 6) is 1.72. The van der Waals surface area contributed by atoms with E-state index in [2.05, 4.69) is 58.4 Å².